The van der Waals surface area contributed by atoms with Gasteiger partial charge in [0.1, 0.15) is 6.04 Å². The summed E-state index contributed by atoms with van der Waals surface area (Å²) in [4.78, 5) is 37.3. The Bertz CT molecular complexity index is 267. The number of guanidine groups is 1. The first kappa shape index (κ1) is 19.3. The third kappa shape index (κ3) is 17.4. The molecule has 0 saturated carbocycles. The fraction of sp³-hybridized carbons (Fsp3) is 0.667. The molecule has 0 aliphatic heterocycles. The highest BCUT2D eigenvalue weighted by molar-refractivity contribution is 6.52. The van der Waals surface area contributed by atoms with Crippen molar-refractivity contribution in [3.8, 4) is 0 Å². The number of carboxylic acid groups (broad SMARTS) is 1. The molecule has 0 heterocycles. The number of rotatable bonds is 6. The first-order chi connectivity index (χ1) is 8.10. The summed E-state index contributed by atoms with van der Waals surface area (Å²) in [6.07, 6.45) is 0.956. The molecule has 12 heteroatoms. The molecule has 0 rings (SSSR count). The third-order valence-corrected chi connectivity index (χ3v) is 2.52. The van der Waals surface area contributed by atoms with Crippen molar-refractivity contribution in [2.75, 3.05) is 6.54 Å². The van der Waals surface area contributed by atoms with Gasteiger partial charge in [0.2, 0.25) is 10.5 Å². The van der Waals surface area contributed by atoms with E-state index in [0.29, 0.717) is 19.4 Å². The van der Waals surface area contributed by atoms with Crippen molar-refractivity contribution in [3.63, 3.8) is 0 Å². The number of aliphatic carboxylic acids is 1. The molecule has 0 fully saturated rings. The Labute approximate surface area is 108 Å². The zero-order chi connectivity index (χ0) is 14.8. The molecule has 1 atom stereocenters. The Morgan fingerprint density at radius 2 is 1.83 bits per heavy atom. The molecule has 0 aromatic carbocycles. The van der Waals surface area contributed by atoms with Gasteiger partial charge < -0.3 is 40.8 Å². The van der Waals surface area contributed by atoms with E-state index in [4.69, 9.17) is 36.7 Å². The first-order valence-corrected chi connectivity index (χ1v) is 6.81. The molecule has 0 amide bonds. The number of carbonyl (C=O) groups is 1. The maximum absolute atomic E-state index is 10.2. The van der Waals surface area contributed by atoms with E-state index >= 15 is 0 Å². The second kappa shape index (κ2) is 9.95. The summed E-state index contributed by atoms with van der Waals surface area (Å²) >= 11 is 0. The van der Waals surface area contributed by atoms with Gasteiger partial charge in [-0.3, -0.25) is 9.79 Å². The number of hydrogen-bond acceptors (Lipinski definition) is 7. The molecule has 18 heavy (non-hydrogen) atoms. The molecule has 3 radical (unpaired) electrons. The maximum atomic E-state index is 10.2. The monoisotopic (exact) mass is 297 g/mol. The molecule has 0 aromatic rings. The summed E-state index contributed by atoms with van der Waals surface area (Å²) in [5.74, 6) is -0.987. The fourth-order valence-corrected chi connectivity index (χ4v) is 0.643. The Balaban J connectivity index is 0. The predicted molar refractivity (Wildman–Crippen MR) is 64.8 cm³/mol. The van der Waals surface area contributed by atoms with Gasteiger partial charge in [0.25, 0.3) is 0 Å². The first-order valence-electron chi connectivity index (χ1n) is 4.65. The third-order valence-electron chi connectivity index (χ3n) is 1.42. The molecular formula is C6H17N4O6Si2. The van der Waals surface area contributed by atoms with E-state index in [0.717, 1.165) is 0 Å². The van der Waals surface area contributed by atoms with E-state index in [2.05, 4.69) is 19.6 Å². The lowest BCUT2D eigenvalue weighted by Crippen LogP contribution is -2.37. The van der Waals surface area contributed by atoms with Crippen molar-refractivity contribution in [3.05, 3.63) is 0 Å². The second-order valence-corrected chi connectivity index (χ2v) is 5.03. The second-order valence-electron chi connectivity index (χ2n) is 3.07. The van der Waals surface area contributed by atoms with Crippen molar-refractivity contribution in [2.45, 2.75) is 18.9 Å². The Kier molecular flexibility index (Phi) is 10.7. The normalized spacial score (nSPS) is 12.1. The van der Waals surface area contributed by atoms with Crippen LogP contribution in [0.15, 0.2) is 4.99 Å². The molecule has 0 aromatic heterocycles. The zero-order valence-corrected chi connectivity index (χ0v) is 11.5. The van der Waals surface area contributed by atoms with Crippen LogP contribution in [-0.2, 0) is 8.91 Å². The van der Waals surface area contributed by atoms with E-state index in [1.807, 2.05) is 0 Å². The minimum atomic E-state index is -4.22. The summed E-state index contributed by atoms with van der Waals surface area (Å²) in [5, 5.41) is 8.38. The number of nitrogens with zero attached hydrogens (tertiary/aromatic N) is 1. The minimum absolute atomic E-state index is 0.0129. The lowest BCUT2D eigenvalue weighted by Gasteiger charge is -2.03. The topological polar surface area (TPSA) is 198 Å². The van der Waals surface area contributed by atoms with Gasteiger partial charge in [0.05, 0.1) is 0 Å². The van der Waals surface area contributed by atoms with Crippen LogP contribution in [0.3, 0.4) is 0 Å². The lowest BCUT2D eigenvalue weighted by atomic mass is 10.2. The van der Waals surface area contributed by atoms with Gasteiger partial charge in [-0.1, -0.05) is 0 Å². The summed E-state index contributed by atoms with van der Waals surface area (Å²) in [7, 11) is -1.99. The minimum Gasteiger partial charge on any atom is -0.480 e. The number of aliphatic imine (C=N–C) groups is 1. The summed E-state index contributed by atoms with van der Waals surface area (Å²) in [6.45, 7) is 0.420. The standard InChI is InChI=1S/C6H14N4O2.H3O4Si2/c7-4(5(11)12)2-1-3-10-6(8)9;1-6(2,3)4-5/h4H,1-3,7H2,(H,11,12)(H4,8,9,10);1-3H/t4-;/m0./s1. The van der Waals surface area contributed by atoms with Crippen molar-refractivity contribution in [2.24, 2.45) is 22.2 Å². The highest BCUT2D eigenvalue weighted by atomic mass is 28.4. The lowest BCUT2D eigenvalue weighted by molar-refractivity contribution is -0.138. The maximum Gasteiger partial charge on any atom is 0.660 e. The van der Waals surface area contributed by atoms with E-state index in [1.165, 1.54) is 0 Å². The average Bonchev–Trinajstić information content (AvgIpc) is 2.23. The molecule has 0 bridgehead atoms. The van der Waals surface area contributed by atoms with E-state index < -0.39 is 21.1 Å². The predicted octanol–water partition coefficient (Wildman–Crippen LogP) is -4.05. The Hall–Kier alpha value is -1.03. The SMILES string of the molecule is NC(N)=NCCC[C@H](N)C(=O)O.O[Si](O)(O)O[Si]. The van der Waals surface area contributed by atoms with Crippen molar-refractivity contribution in [1.29, 1.82) is 0 Å². The molecule has 105 valence electrons. The highest BCUT2D eigenvalue weighted by Crippen LogP contribution is 1.94. The van der Waals surface area contributed by atoms with Crippen LogP contribution in [0.4, 0.5) is 0 Å². The largest absolute Gasteiger partial charge is 0.660 e. The van der Waals surface area contributed by atoms with Crippen molar-refractivity contribution in [1.82, 2.24) is 0 Å². The molecule has 0 unspecified atom stereocenters. The van der Waals surface area contributed by atoms with Crippen LogP contribution in [0.25, 0.3) is 0 Å². The van der Waals surface area contributed by atoms with Crippen LogP contribution < -0.4 is 17.2 Å². The van der Waals surface area contributed by atoms with Gasteiger partial charge in [-0.2, -0.15) is 0 Å². The van der Waals surface area contributed by atoms with Crippen molar-refractivity contribution >= 4 is 31.5 Å². The summed E-state index contributed by atoms with van der Waals surface area (Å²) in [6, 6.07) is -0.820. The summed E-state index contributed by atoms with van der Waals surface area (Å²) < 4.78 is 3.55. The van der Waals surface area contributed by atoms with E-state index in [-0.39, 0.29) is 5.96 Å². The number of carboxylic acids is 1. The smallest absolute Gasteiger partial charge is 0.480 e. The quantitative estimate of drug-likeness (QED) is 0.110. The molecule has 10 N–H and O–H groups in total. The Morgan fingerprint density at radius 1 is 1.39 bits per heavy atom. The van der Waals surface area contributed by atoms with Gasteiger partial charge in [0, 0.05) is 6.54 Å². The van der Waals surface area contributed by atoms with Gasteiger partial charge >= 0.3 is 15.0 Å². The molecule has 0 aliphatic carbocycles. The zero-order valence-electron chi connectivity index (χ0n) is 9.48. The highest BCUT2D eigenvalue weighted by Gasteiger charge is 2.26. The molecule has 10 nitrogen and oxygen atoms in total. The van der Waals surface area contributed by atoms with Gasteiger partial charge in [0.15, 0.2) is 5.96 Å². The molecule has 0 saturated heterocycles. The van der Waals surface area contributed by atoms with Crippen LogP contribution in [-0.4, -0.2) is 63.5 Å². The Morgan fingerprint density at radius 3 is 2.11 bits per heavy atom. The van der Waals surface area contributed by atoms with Crippen LogP contribution in [0, 0.1) is 0 Å². The van der Waals surface area contributed by atoms with Gasteiger partial charge in [-0.05, 0) is 12.8 Å². The van der Waals surface area contributed by atoms with Crippen LogP contribution in [0.2, 0.25) is 0 Å². The number of nitrogens with two attached hydrogens (primary N) is 3. The van der Waals surface area contributed by atoms with Gasteiger partial charge in [-0.15, -0.1) is 0 Å². The fourth-order valence-electron chi connectivity index (χ4n) is 0.643. The van der Waals surface area contributed by atoms with Crippen LogP contribution in [0.5, 0.6) is 0 Å². The summed E-state index contributed by atoms with van der Waals surface area (Å²) in [5.41, 5.74) is 15.3. The van der Waals surface area contributed by atoms with Crippen LogP contribution >= 0.6 is 0 Å². The molecular weight excluding hydrogens is 280 g/mol. The van der Waals surface area contributed by atoms with Crippen molar-refractivity contribution < 1.29 is 28.4 Å². The number of hydrogen-bond donors (Lipinski definition) is 7. The van der Waals surface area contributed by atoms with Crippen LogP contribution in [0.1, 0.15) is 12.8 Å². The molecule has 0 aliphatic rings. The van der Waals surface area contributed by atoms with Gasteiger partial charge in [-0.25, -0.2) is 0 Å². The van der Waals surface area contributed by atoms with E-state index in [9.17, 15) is 4.79 Å². The van der Waals surface area contributed by atoms with E-state index in [1.54, 1.807) is 0 Å². The average molecular weight is 297 g/mol. The molecule has 0 spiro atoms.